The van der Waals surface area contributed by atoms with Crippen LogP contribution in [0.5, 0.6) is 0 Å². The number of nitrogens with one attached hydrogen (secondary N) is 1. The molecule has 5 heteroatoms. The van der Waals surface area contributed by atoms with Gasteiger partial charge in [0.1, 0.15) is 5.82 Å². The van der Waals surface area contributed by atoms with Crippen molar-refractivity contribution in [2.45, 2.75) is 56.0 Å². The zero-order chi connectivity index (χ0) is 19.8. The summed E-state index contributed by atoms with van der Waals surface area (Å²) in [7, 11) is 2.19. The molecule has 1 fully saturated rings. The molecule has 0 aromatic heterocycles. The van der Waals surface area contributed by atoms with Gasteiger partial charge in [-0.25, -0.2) is 4.39 Å². The van der Waals surface area contributed by atoms with Crippen LogP contribution in [-0.4, -0.2) is 29.6 Å². The summed E-state index contributed by atoms with van der Waals surface area (Å²) in [5.41, 5.74) is 2.07. The number of amides is 1. The van der Waals surface area contributed by atoms with Crippen molar-refractivity contribution < 1.29 is 9.18 Å². The van der Waals surface area contributed by atoms with E-state index in [0.717, 1.165) is 22.7 Å². The second-order valence-electron chi connectivity index (χ2n) is 7.46. The number of rotatable bonds is 8. The highest BCUT2D eigenvalue weighted by Crippen LogP contribution is 2.25. The Hall–Kier alpha value is -1.85. The Morgan fingerprint density at radius 1 is 1.11 bits per heavy atom. The van der Waals surface area contributed by atoms with Gasteiger partial charge in [0.15, 0.2) is 0 Å². The van der Waals surface area contributed by atoms with E-state index in [4.69, 9.17) is 0 Å². The number of para-hydroxylation sites is 1. The van der Waals surface area contributed by atoms with Crippen LogP contribution in [0.3, 0.4) is 0 Å². The van der Waals surface area contributed by atoms with Gasteiger partial charge in [-0.2, -0.15) is 0 Å². The minimum absolute atomic E-state index is 0.0161. The molecule has 0 atom stereocenters. The van der Waals surface area contributed by atoms with Crippen LogP contribution in [0.2, 0.25) is 0 Å². The number of nitrogens with zero attached hydrogens (tertiary/aromatic N) is 1. The zero-order valence-corrected chi connectivity index (χ0v) is 17.3. The van der Waals surface area contributed by atoms with Crippen molar-refractivity contribution in [1.29, 1.82) is 0 Å². The molecule has 1 saturated carbocycles. The first kappa shape index (κ1) is 20.9. The molecule has 2 aromatic carbocycles. The van der Waals surface area contributed by atoms with Crippen molar-refractivity contribution in [2.24, 2.45) is 0 Å². The van der Waals surface area contributed by atoms with Crippen molar-refractivity contribution in [3.8, 4) is 0 Å². The fourth-order valence-electron chi connectivity index (χ4n) is 3.70. The number of thioether (sulfide) groups is 1. The van der Waals surface area contributed by atoms with Crippen molar-refractivity contribution in [2.75, 3.05) is 18.1 Å². The molecule has 0 saturated heterocycles. The van der Waals surface area contributed by atoms with Crippen molar-refractivity contribution in [3.63, 3.8) is 0 Å². The van der Waals surface area contributed by atoms with Crippen molar-refractivity contribution >= 4 is 23.4 Å². The molecule has 1 amide bonds. The Morgan fingerprint density at radius 3 is 2.57 bits per heavy atom. The summed E-state index contributed by atoms with van der Waals surface area (Å²) in [6.45, 7) is 0.853. The van der Waals surface area contributed by atoms with Gasteiger partial charge in [0, 0.05) is 35.3 Å². The molecule has 1 aliphatic rings. The summed E-state index contributed by atoms with van der Waals surface area (Å²) in [5.74, 6) is 0.445. The largest absolute Gasteiger partial charge is 0.326 e. The lowest BCUT2D eigenvalue weighted by Crippen LogP contribution is -2.33. The van der Waals surface area contributed by atoms with Gasteiger partial charge in [-0.15, -0.1) is 11.8 Å². The maximum Gasteiger partial charge on any atom is 0.225 e. The smallest absolute Gasteiger partial charge is 0.225 e. The van der Waals surface area contributed by atoms with Gasteiger partial charge in [0.05, 0.1) is 0 Å². The molecule has 0 spiro atoms. The van der Waals surface area contributed by atoms with Crippen LogP contribution < -0.4 is 5.32 Å². The maximum atomic E-state index is 12.9. The lowest BCUT2D eigenvalue weighted by atomic mass is 9.94. The number of anilines is 1. The van der Waals surface area contributed by atoms with E-state index in [0.29, 0.717) is 18.2 Å². The predicted octanol–water partition coefficient (Wildman–Crippen LogP) is 5.71. The third kappa shape index (κ3) is 6.35. The summed E-state index contributed by atoms with van der Waals surface area (Å²) >= 11 is 1.57. The molecule has 3 rings (SSSR count). The number of halogens is 1. The number of benzene rings is 2. The van der Waals surface area contributed by atoms with E-state index >= 15 is 0 Å². The van der Waals surface area contributed by atoms with Crippen LogP contribution in [0.25, 0.3) is 0 Å². The number of hydrogen-bond acceptors (Lipinski definition) is 3. The summed E-state index contributed by atoms with van der Waals surface area (Å²) in [4.78, 5) is 15.8. The Balaban J connectivity index is 1.50. The minimum atomic E-state index is -0.239. The van der Waals surface area contributed by atoms with Crippen molar-refractivity contribution in [1.82, 2.24) is 4.90 Å². The molecule has 2 aromatic rings. The molecule has 0 bridgehead atoms. The fourth-order valence-corrected chi connectivity index (χ4v) is 4.56. The maximum absolute atomic E-state index is 12.9. The molecule has 3 nitrogen and oxygen atoms in total. The Labute approximate surface area is 171 Å². The number of hydrogen-bond donors (Lipinski definition) is 1. The average Bonchev–Trinajstić information content (AvgIpc) is 2.71. The summed E-state index contributed by atoms with van der Waals surface area (Å²) < 4.78 is 12.9. The van der Waals surface area contributed by atoms with Crippen LogP contribution >= 0.6 is 11.8 Å². The number of carbonyl (C=O) groups excluding carboxylic acids is 1. The second-order valence-corrected chi connectivity index (χ2v) is 8.63. The van der Waals surface area contributed by atoms with E-state index in [1.165, 1.54) is 44.2 Å². The van der Waals surface area contributed by atoms with Crippen molar-refractivity contribution in [3.05, 3.63) is 59.9 Å². The first-order valence-electron chi connectivity index (χ1n) is 10.1. The monoisotopic (exact) mass is 400 g/mol. The Bertz CT molecular complexity index is 759. The van der Waals surface area contributed by atoms with Crippen LogP contribution in [0.1, 0.15) is 44.1 Å². The second kappa shape index (κ2) is 10.6. The van der Waals surface area contributed by atoms with Gasteiger partial charge in [-0.3, -0.25) is 9.69 Å². The highest BCUT2D eigenvalue weighted by atomic mass is 32.2. The van der Waals surface area contributed by atoms with Gasteiger partial charge in [0.25, 0.3) is 0 Å². The Kier molecular flexibility index (Phi) is 7.92. The van der Waals surface area contributed by atoms with Gasteiger partial charge in [0.2, 0.25) is 5.91 Å². The van der Waals surface area contributed by atoms with Crippen LogP contribution in [0.4, 0.5) is 10.1 Å². The minimum Gasteiger partial charge on any atom is -0.326 e. The molecular formula is C23H29FN2OS. The first-order valence-corrected chi connectivity index (χ1v) is 11.1. The SMILES string of the molecule is CN(Cc1ccccc1NC(=O)CCSc1ccc(F)cc1)C1CCCCC1. The molecule has 1 aliphatic carbocycles. The predicted molar refractivity (Wildman–Crippen MR) is 115 cm³/mol. The van der Waals surface area contributed by atoms with Crippen LogP contribution in [0, 0.1) is 5.82 Å². The zero-order valence-electron chi connectivity index (χ0n) is 16.5. The van der Waals surface area contributed by atoms with Gasteiger partial charge in [-0.05, 0) is 55.8 Å². The molecule has 0 aliphatic heterocycles. The Morgan fingerprint density at radius 2 is 1.82 bits per heavy atom. The van der Waals surface area contributed by atoms with E-state index in [1.54, 1.807) is 23.9 Å². The third-order valence-electron chi connectivity index (χ3n) is 5.32. The standard InChI is InChI=1S/C23H29FN2OS/c1-26(20-8-3-2-4-9-20)17-18-7-5-6-10-22(18)25-23(27)15-16-28-21-13-11-19(24)12-14-21/h5-7,10-14,20H,2-4,8-9,15-17H2,1H3,(H,25,27). The highest BCUT2D eigenvalue weighted by Gasteiger charge is 2.19. The summed E-state index contributed by atoms with van der Waals surface area (Å²) in [5, 5.41) is 3.08. The van der Waals surface area contributed by atoms with E-state index in [2.05, 4.69) is 23.3 Å². The number of carbonyl (C=O) groups is 1. The van der Waals surface area contributed by atoms with E-state index in [9.17, 15) is 9.18 Å². The van der Waals surface area contributed by atoms with Gasteiger partial charge < -0.3 is 5.32 Å². The third-order valence-corrected chi connectivity index (χ3v) is 6.33. The van der Waals surface area contributed by atoms with E-state index in [-0.39, 0.29) is 11.7 Å². The van der Waals surface area contributed by atoms with Gasteiger partial charge in [-0.1, -0.05) is 37.5 Å². The molecular weight excluding hydrogens is 371 g/mol. The molecule has 1 N–H and O–H groups in total. The lowest BCUT2D eigenvalue weighted by Gasteiger charge is -2.31. The first-order chi connectivity index (χ1) is 13.6. The average molecular weight is 401 g/mol. The fraction of sp³-hybridized carbons (Fsp3) is 0.435. The molecule has 28 heavy (non-hydrogen) atoms. The normalized spacial score (nSPS) is 15.0. The van der Waals surface area contributed by atoms with Gasteiger partial charge >= 0.3 is 0 Å². The molecule has 0 heterocycles. The summed E-state index contributed by atoms with van der Waals surface area (Å²) in [6.07, 6.45) is 6.96. The van der Waals surface area contributed by atoms with Crippen LogP contribution in [-0.2, 0) is 11.3 Å². The highest BCUT2D eigenvalue weighted by molar-refractivity contribution is 7.99. The lowest BCUT2D eigenvalue weighted by molar-refractivity contribution is -0.115. The molecule has 0 radical (unpaired) electrons. The quantitative estimate of drug-likeness (QED) is 0.576. The molecule has 0 unspecified atom stereocenters. The van der Waals surface area contributed by atoms with E-state index in [1.807, 2.05) is 18.2 Å². The summed E-state index contributed by atoms with van der Waals surface area (Å²) in [6, 6.07) is 15.1. The van der Waals surface area contributed by atoms with E-state index < -0.39 is 0 Å². The molecule has 150 valence electrons. The van der Waals surface area contributed by atoms with Crippen LogP contribution in [0.15, 0.2) is 53.4 Å². The topological polar surface area (TPSA) is 32.3 Å².